The molecule has 0 amide bonds. The molecular formula is C20H19Cl2NO. The van der Waals surface area contributed by atoms with Gasteiger partial charge in [-0.15, -0.1) is 0 Å². The molecule has 2 aromatic carbocycles. The van der Waals surface area contributed by atoms with Gasteiger partial charge in [0, 0.05) is 27.3 Å². The highest BCUT2D eigenvalue weighted by molar-refractivity contribution is 6.30. The van der Waals surface area contributed by atoms with E-state index >= 15 is 0 Å². The van der Waals surface area contributed by atoms with Crippen molar-refractivity contribution in [2.75, 3.05) is 5.32 Å². The number of benzene rings is 2. The summed E-state index contributed by atoms with van der Waals surface area (Å²) in [6, 6.07) is 15.4. The van der Waals surface area contributed by atoms with Crippen LogP contribution in [0.15, 0.2) is 48.5 Å². The van der Waals surface area contributed by atoms with Gasteiger partial charge in [0.1, 0.15) is 5.60 Å². The molecule has 0 spiro atoms. The van der Waals surface area contributed by atoms with Crippen LogP contribution in [-0.4, -0.2) is 16.7 Å². The third kappa shape index (κ3) is 4.68. The monoisotopic (exact) mass is 359 g/mol. The molecular weight excluding hydrogens is 341 g/mol. The lowest BCUT2D eigenvalue weighted by atomic mass is 9.82. The van der Waals surface area contributed by atoms with Crippen molar-refractivity contribution in [3.05, 3.63) is 64.1 Å². The normalized spacial score (nSPS) is 23.2. The molecule has 24 heavy (non-hydrogen) atoms. The molecule has 4 heteroatoms. The fraction of sp³-hybridized carbons (Fsp3) is 0.300. The van der Waals surface area contributed by atoms with E-state index in [1.165, 1.54) is 0 Å². The number of halogens is 2. The Labute approximate surface area is 152 Å². The lowest BCUT2D eigenvalue weighted by Gasteiger charge is -2.33. The van der Waals surface area contributed by atoms with Gasteiger partial charge in [0.05, 0.1) is 0 Å². The summed E-state index contributed by atoms with van der Waals surface area (Å²) in [5, 5.41) is 15.6. The Bertz CT molecular complexity index is 753. The standard InChI is InChI=1S/C20H19Cl2NO/c21-16-4-6-18(7-5-16)23-19-9-12-20(24,13-10-19)11-8-15-2-1-3-17(22)14-15/h1-7,14,19,23-24H,9-10,12-13H2. The minimum Gasteiger partial charge on any atom is -0.382 e. The molecule has 0 radical (unpaired) electrons. The summed E-state index contributed by atoms with van der Waals surface area (Å²) in [6.45, 7) is 0. The molecule has 1 fully saturated rings. The van der Waals surface area contributed by atoms with E-state index < -0.39 is 5.60 Å². The Morgan fingerprint density at radius 2 is 1.71 bits per heavy atom. The number of aliphatic hydroxyl groups is 1. The van der Waals surface area contributed by atoms with Crippen molar-refractivity contribution >= 4 is 28.9 Å². The molecule has 1 saturated carbocycles. The highest BCUT2D eigenvalue weighted by Crippen LogP contribution is 2.30. The summed E-state index contributed by atoms with van der Waals surface area (Å²) in [4.78, 5) is 0. The van der Waals surface area contributed by atoms with E-state index in [2.05, 4.69) is 17.2 Å². The van der Waals surface area contributed by atoms with Crippen LogP contribution in [0.25, 0.3) is 0 Å². The molecule has 2 aromatic rings. The second-order valence-corrected chi connectivity index (χ2v) is 7.09. The number of rotatable bonds is 2. The van der Waals surface area contributed by atoms with E-state index in [0.29, 0.717) is 23.9 Å². The maximum absolute atomic E-state index is 10.7. The van der Waals surface area contributed by atoms with Gasteiger partial charge in [0.15, 0.2) is 0 Å². The van der Waals surface area contributed by atoms with Gasteiger partial charge in [0.2, 0.25) is 0 Å². The molecule has 1 aliphatic carbocycles. The van der Waals surface area contributed by atoms with Gasteiger partial charge in [0.25, 0.3) is 0 Å². The molecule has 3 rings (SSSR count). The number of nitrogens with one attached hydrogen (secondary N) is 1. The first-order chi connectivity index (χ1) is 11.5. The first-order valence-electron chi connectivity index (χ1n) is 8.06. The van der Waals surface area contributed by atoms with Crippen LogP contribution in [0.2, 0.25) is 10.0 Å². The zero-order valence-electron chi connectivity index (χ0n) is 13.2. The van der Waals surface area contributed by atoms with Crippen molar-refractivity contribution in [2.45, 2.75) is 37.3 Å². The Hall–Kier alpha value is -1.66. The maximum Gasteiger partial charge on any atom is 0.126 e. The third-order valence-corrected chi connectivity index (χ3v) is 4.78. The van der Waals surface area contributed by atoms with Gasteiger partial charge in [-0.05, 0) is 68.1 Å². The lowest BCUT2D eigenvalue weighted by molar-refractivity contribution is 0.0576. The quantitative estimate of drug-likeness (QED) is 0.728. The summed E-state index contributed by atoms with van der Waals surface area (Å²) in [5.41, 5.74) is 0.970. The molecule has 2 nitrogen and oxygen atoms in total. The van der Waals surface area contributed by atoms with E-state index in [-0.39, 0.29) is 0 Å². The van der Waals surface area contributed by atoms with Gasteiger partial charge in [-0.3, -0.25) is 0 Å². The predicted molar refractivity (Wildman–Crippen MR) is 101 cm³/mol. The maximum atomic E-state index is 10.7. The Kier molecular flexibility index (Phi) is 5.36. The molecule has 0 atom stereocenters. The van der Waals surface area contributed by atoms with Crippen molar-refractivity contribution in [1.82, 2.24) is 0 Å². The molecule has 1 aliphatic rings. The van der Waals surface area contributed by atoms with Crippen LogP contribution in [0.3, 0.4) is 0 Å². The fourth-order valence-electron chi connectivity index (χ4n) is 2.90. The van der Waals surface area contributed by atoms with E-state index in [1.807, 2.05) is 48.5 Å². The Balaban J connectivity index is 1.58. The van der Waals surface area contributed by atoms with Crippen LogP contribution in [0.1, 0.15) is 31.2 Å². The first kappa shape index (κ1) is 17.2. The summed E-state index contributed by atoms with van der Waals surface area (Å²) in [6.07, 6.45) is 3.07. The molecule has 0 heterocycles. The average Bonchev–Trinajstić information content (AvgIpc) is 2.58. The summed E-state index contributed by atoms with van der Waals surface area (Å²) >= 11 is 11.9. The predicted octanol–water partition coefficient (Wildman–Crippen LogP) is 5.13. The van der Waals surface area contributed by atoms with Crippen LogP contribution >= 0.6 is 23.2 Å². The summed E-state index contributed by atoms with van der Waals surface area (Å²) < 4.78 is 0. The average molecular weight is 360 g/mol. The van der Waals surface area contributed by atoms with E-state index in [1.54, 1.807) is 0 Å². The minimum absolute atomic E-state index is 0.347. The summed E-state index contributed by atoms with van der Waals surface area (Å²) in [5.74, 6) is 6.08. The largest absolute Gasteiger partial charge is 0.382 e. The van der Waals surface area contributed by atoms with Gasteiger partial charge in [-0.1, -0.05) is 41.1 Å². The molecule has 0 aromatic heterocycles. The zero-order chi connectivity index (χ0) is 17.0. The molecule has 0 unspecified atom stereocenters. The SMILES string of the molecule is OC1(C#Cc2cccc(Cl)c2)CCC(Nc2ccc(Cl)cc2)CC1. The topological polar surface area (TPSA) is 32.3 Å². The zero-order valence-corrected chi connectivity index (χ0v) is 14.7. The van der Waals surface area contributed by atoms with Crippen molar-refractivity contribution in [1.29, 1.82) is 0 Å². The molecule has 0 saturated heterocycles. The van der Waals surface area contributed by atoms with Gasteiger partial charge in [-0.2, -0.15) is 0 Å². The second kappa shape index (κ2) is 7.49. The van der Waals surface area contributed by atoms with Crippen LogP contribution in [0.4, 0.5) is 5.69 Å². The van der Waals surface area contributed by atoms with Gasteiger partial charge >= 0.3 is 0 Å². The van der Waals surface area contributed by atoms with E-state index in [0.717, 1.165) is 29.1 Å². The van der Waals surface area contributed by atoms with Crippen LogP contribution in [0, 0.1) is 11.8 Å². The smallest absolute Gasteiger partial charge is 0.126 e. The lowest BCUT2D eigenvalue weighted by Crippen LogP contribution is -2.37. The molecule has 2 N–H and O–H groups in total. The highest BCUT2D eigenvalue weighted by Gasteiger charge is 2.31. The van der Waals surface area contributed by atoms with E-state index in [9.17, 15) is 5.11 Å². The van der Waals surface area contributed by atoms with Crippen molar-refractivity contribution in [2.24, 2.45) is 0 Å². The minimum atomic E-state index is -0.916. The Morgan fingerprint density at radius 3 is 2.38 bits per heavy atom. The summed E-state index contributed by atoms with van der Waals surface area (Å²) in [7, 11) is 0. The fourth-order valence-corrected chi connectivity index (χ4v) is 3.22. The molecule has 0 aliphatic heterocycles. The molecule has 0 bridgehead atoms. The van der Waals surface area contributed by atoms with Crippen LogP contribution in [-0.2, 0) is 0 Å². The Morgan fingerprint density at radius 1 is 1.00 bits per heavy atom. The molecule has 124 valence electrons. The number of hydrogen-bond donors (Lipinski definition) is 2. The number of anilines is 1. The van der Waals surface area contributed by atoms with Crippen molar-refractivity contribution in [3.63, 3.8) is 0 Å². The van der Waals surface area contributed by atoms with Crippen LogP contribution in [0.5, 0.6) is 0 Å². The van der Waals surface area contributed by atoms with Crippen molar-refractivity contribution < 1.29 is 5.11 Å². The van der Waals surface area contributed by atoms with Gasteiger partial charge < -0.3 is 10.4 Å². The third-order valence-electron chi connectivity index (χ3n) is 4.29. The first-order valence-corrected chi connectivity index (χ1v) is 8.81. The van der Waals surface area contributed by atoms with Crippen LogP contribution < -0.4 is 5.32 Å². The number of hydrogen-bond acceptors (Lipinski definition) is 2. The van der Waals surface area contributed by atoms with E-state index in [4.69, 9.17) is 23.2 Å². The highest BCUT2D eigenvalue weighted by atomic mass is 35.5. The second-order valence-electron chi connectivity index (χ2n) is 6.22. The van der Waals surface area contributed by atoms with Gasteiger partial charge in [-0.25, -0.2) is 0 Å². The van der Waals surface area contributed by atoms with Crippen molar-refractivity contribution in [3.8, 4) is 11.8 Å².